The van der Waals surface area contributed by atoms with E-state index in [0.717, 1.165) is 30.4 Å². The molecule has 0 aliphatic heterocycles. The van der Waals surface area contributed by atoms with Gasteiger partial charge < -0.3 is 4.90 Å². The Bertz CT molecular complexity index is 472. The van der Waals surface area contributed by atoms with E-state index in [9.17, 15) is 4.79 Å². The molecule has 1 amide bonds. The molecule has 1 saturated carbocycles. The summed E-state index contributed by atoms with van der Waals surface area (Å²) in [5.41, 5.74) is 1.88. The van der Waals surface area contributed by atoms with Crippen LogP contribution in [0.5, 0.6) is 0 Å². The molecule has 1 aromatic rings. The molecule has 0 radical (unpaired) electrons. The zero-order chi connectivity index (χ0) is 13.0. The first-order valence-electron chi connectivity index (χ1n) is 6.53. The lowest BCUT2D eigenvalue weighted by Crippen LogP contribution is -2.34. The van der Waals surface area contributed by atoms with E-state index < -0.39 is 0 Å². The van der Waals surface area contributed by atoms with Gasteiger partial charge in [-0.2, -0.15) is 5.26 Å². The molecule has 3 heteroatoms. The molecule has 1 fully saturated rings. The highest BCUT2D eigenvalue weighted by molar-refractivity contribution is 5.96. The van der Waals surface area contributed by atoms with Crippen molar-refractivity contribution in [2.45, 2.75) is 38.6 Å². The summed E-state index contributed by atoms with van der Waals surface area (Å²) in [6, 6.07) is 10.2. The van der Waals surface area contributed by atoms with Gasteiger partial charge in [-0.3, -0.25) is 4.79 Å². The van der Waals surface area contributed by atoms with Crippen LogP contribution in [-0.4, -0.2) is 23.4 Å². The molecule has 2 rings (SSSR count). The third-order valence-corrected chi connectivity index (χ3v) is 3.34. The van der Waals surface area contributed by atoms with Crippen LogP contribution in [0.3, 0.4) is 0 Å². The van der Waals surface area contributed by atoms with Gasteiger partial charge in [0.1, 0.15) is 0 Å². The van der Waals surface area contributed by atoms with E-state index in [0.29, 0.717) is 19.0 Å². The second-order valence-corrected chi connectivity index (χ2v) is 4.65. The Morgan fingerprint density at radius 1 is 1.44 bits per heavy atom. The number of nitriles is 1. The fraction of sp³-hybridized carbons (Fsp3) is 0.467. The van der Waals surface area contributed by atoms with Gasteiger partial charge in [-0.25, -0.2) is 0 Å². The molecular formula is C15H18N2O. The molecular weight excluding hydrogens is 224 g/mol. The Morgan fingerprint density at radius 2 is 2.17 bits per heavy atom. The van der Waals surface area contributed by atoms with E-state index in [1.165, 1.54) is 0 Å². The molecule has 0 bridgehead atoms. The molecule has 0 unspecified atom stereocenters. The smallest absolute Gasteiger partial charge is 0.254 e. The maximum atomic E-state index is 12.5. The number of aryl methyl sites for hydroxylation is 1. The molecule has 1 aliphatic rings. The Hall–Kier alpha value is -1.82. The van der Waals surface area contributed by atoms with Crippen molar-refractivity contribution >= 4 is 5.91 Å². The maximum absolute atomic E-state index is 12.5. The van der Waals surface area contributed by atoms with Crippen molar-refractivity contribution in [3.63, 3.8) is 0 Å². The van der Waals surface area contributed by atoms with Crippen LogP contribution in [0.1, 0.15) is 42.1 Å². The second-order valence-electron chi connectivity index (χ2n) is 4.65. The first kappa shape index (κ1) is 12.6. The Kier molecular flexibility index (Phi) is 3.99. The highest BCUT2D eigenvalue weighted by Gasteiger charge is 2.33. The number of hydrogen-bond acceptors (Lipinski definition) is 2. The summed E-state index contributed by atoms with van der Waals surface area (Å²) < 4.78 is 0. The molecule has 3 nitrogen and oxygen atoms in total. The molecule has 1 aromatic carbocycles. The van der Waals surface area contributed by atoms with E-state index in [1.807, 2.05) is 29.2 Å². The van der Waals surface area contributed by atoms with Crippen LogP contribution in [0.25, 0.3) is 0 Å². The Balaban J connectivity index is 2.19. The van der Waals surface area contributed by atoms with Crippen molar-refractivity contribution in [3.05, 3.63) is 35.4 Å². The van der Waals surface area contributed by atoms with Gasteiger partial charge in [-0.05, 0) is 30.9 Å². The van der Waals surface area contributed by atoms with Gasteiger partial charge in [0.2, 0.25) is 0 Å². The van der Waals surface area contributed by atoms with E-state index in [-0.39, 0.29) is 5.91 Å². The van der Waals surface area contributed by atoms with Crippen LogP contribution in [0, 0.1) is 11.3 Å². The summed E-state index contributed by atoms with van der Waals surface area (Å²) in [6.07, 6.45) is 3.42. The molecule has 0 spiro atoms. The van der Waals surface area contributed by atoms with Gasteiger partial charge in [0.05, 0.1) is 12.5 Å². The SMILES string of the molecule is CCc1ccccc1C(=O)N(CCC#N)C1CC1. The number of amides is 1. The zero-order valence-electron chi connectivity index (χ0n) is 10.7. The number of nitrogens with zero attached hydrogens (tertiary/aromatic N) is 2. The van der Waals surface area contributed by atoms with Crippen LogP contribution >= 0.6 is 0 Å². The van der Waals surface area contributed by atoms with Crippen molar-refractivity contribution in [1.82, 2.24) is 4.90 Å². The largest absolute Gasteiger partial charge is 0.335 e. The summed E-state index contributed by atoms with van der Waals surface area (Å²) >= 11 is 0. The third-order valence-electron chi connectivity index (χ3n) is 3.34. The van der Waals surface area contributed by atoms with Crippen LogP contribution in [0.2, 0.25) is 0 Å². The number of rotatable bonds is 5. The van der Waals surface area contributed by atoms with Gasteiger partial charge in [-0.1, -0.05) is 25.1 Å². The highest BCUT2D eigenvalue weighted by Crippen LogP contribution is 2.29. The van der Waals surface area contributed by atoms with Gasteiger partial charge in [-0.15, -0.1) is 0 Å². The predicted molar refractivity (Wildman–Crippen MR) is 70.1 cm³/mol. The van der Waals surface area contributed by atoms with Gasteiger partial charge in [0.15, 0.2) is 0 Å². The molecule has 0 aromatic heterocycles. The number of benzene rings is 1. The lowest BCUT2D eigenvalue weighted by Gasteiger charge is -2.22. The number of carbonyl (C=O) groups is 1. The summed E-state index contributed by atoms with van der Waals surface area (Å²) in [5, 5.41) is 8.68. The van der Waals surface area contributed by atoms with Crippen LogP contribution in [0.4, 0.5) is 0 Å². The average Bonchev–Trinajstić information content (AvgIpc) is 3.23. The molecule has 94 valence electrons. The van der Waals surface area contributed by atoms with E-state index in [4.69, 9.17) is 5.26 Å². The van der Waals surface area contributed by atoms with Crippen molar-refractivity contribution < 1.29 is 4.79 Å². The van der Waals surface area contributed by atoms with E-state index >= 15 is 0 Å². The van der Waals surface area contributed by atoms with Crippen molar-refractivity contribution in [3.8, 4) is 6.07 Å². The fourth-order valence-electron chi connectivity index (χ4n) is 2.20. The summed E-state index contributed by atoms with van der Waals surface area (Å²) in [7, 11) is 0. The van der Waals surface area contributed by atoms with Crippen molar-refractivity contribution in [1.29, 1.82) is 5.26 Å². The number of carbonyl (C=O) groups excluding carboxylic acids is 1. The van der Waals surface area contributed by atoms with Crippen LogP contribution in [0.15, 0.2) is 24.3 Å². The van der Waals surface area contributed by atoms with E-state index in [2.05, 4.69) is 13.0 Å². The Morgan fingerprint density at radius 3 is 2.78 bits per heavy atom. The third kappa shape index (κ3) is 2.70. The summed E-state index contributed by atoms with van der Waals surface area (Å²) in [4.78, 5) is 14.4. The maximum Gasteiger partial charge on any atom is 0.254 e. The average molecular weight is 242 g/mol. The van der Waals surface area contributed by atoms with E-state index in [1.54, 1.807) is 0 Å². The fourth-order valence-corrected chi connectivity index (χ4v) is 2.20. The highest BCUT2D eigenvalue weighted by atomic mass is 16.2. The van der Waals surface area contributed by atoms with Gasteiger partial charge in [0.25, 0.3) is 5.91 Å². The second kappa shape index (κ2) is 5.68. The quantitative estimate of drug-likeness (QED) is 0.797. The minimum atomic E-state index is 0.0881. The summed E-state index contributed by atoms with van der Waals surface area (Å²) in [6.45, 7) is 2.61. The first-order valence-corrected chi connectivity index (χ1v) is 6.53. The normalized spacial score (nSPS) is 14.0. The van der Waals surface area contributed by atoms with Crippen LogP contribution < -0.4 is 0 Å². The minimum absolute atomic E-state index is 0.0881. The molecule has 0 atom stereocenters. The van der Waals surface area contributed by atoms with Crippen LogP contribution in [-0.2, 0) is 6.42 Å². The monoisotopic (exact) mass is 242 g/mol. The van der Waals surface area contributed by atoms with Gasteiger partial charge in [0, 0.05) is 18.2 Å². The van der Waals surface area contributed by atoms with Crippen molar-refractivity contribution in [2.24, 2.45) is 0 Å². The minimum Gasteiger partial charge on any atom is -0.335 e. The number of hydrogen-bond donors (Lipinski definition) is 0. The predicted octanol–water partition coefficient (Wildman–Crippen LogP) is 2.77. The Labute approximate surface area is 108 Å². The van der Waals surface area contributed by atoms with Gasteiger partial charge >= 0.3 is 0 Å². The molecule has 0 N–H and O–H groups in total. The molecule has 0 heterocycles. The topological polar surface area (TPSA) is 44.1 Å². The standard InChI is InChI=1S/C15H18N2O/c1-2-12-6-3-4-7-14(12)15(18)17(11-5-10-16)13-8-9-13/h3-4,6-7,13H,2,5,8-9,11H2,1H3. The molecule has 0 saturated heterocycles. The summed E-state index contributed by atoms with van der Waals surface area (Å²) in [5.74, 6) is 0.0881. The zero-order valence-corrected chi connectivity index (χ0v) is 10.7. The first-order chi connectivity index (χ1) is 8.77. The van der Waals surface area contributed by atoms with Crippen molar-refractivity contribution in [2.75, 3.05) is 6.54 Å². The molecule has 18 heavy (non-hydrogen) atoms. The lowest BCUT2D eigenvalue weighted by molar-refractivity contribution is 0.0746. The molecule has 1 aliphatic carbocycles. The lowest BCUT2D eigenvalue weighted by atomic mass is 10.0.